The fraction of sp³-hybridized carbons (Fsp3) is 0.176. The van der Waals surface area contributed by atoms with Gasteiger partial charge in [-0.15, -0.1) is 0 Å². The van der Waals surface area contributed by atoms with Crippen molar-refractivity contribution in [2.45, 2.75) is 13.1 Å². The minimum atomic E-state index is -0.659. The van der Waals surface area contributed by atoms with Crippen LogP contribution in [-0.2, 0) is 4.79 Å². The van der Waals surface area contributed by atoms with Crippen molar-refractivity contribution in [2.75, 3.05) is 11.9 Å². The van der Waals surface area contributed by atoms with Crippen LogP contribution >= 0.6 is 16.1 Å². The first-order valence-electron chi connectivity index (χ1n) is 7.00. The molecule has 3 rings (SSSR count). The minimum Gasteiger partial charge on any atom is -0.312 e. The Bertz CT molecular complexity index is 740. The smallest absolute Gasteiger partial charge is 0.267 e. The molecule has 0 bridgehead atoms. The van der Waals surface area contributed by atoms with Crippen LogP contribution in [-0.4, -0.2) is 24.8 Å². The van der Waals surface area contributed by atoms with Crippen LogP contribution in [0.25, 0.3) is 0 Å². The Kier molecular flexibility index (Phi) is 4.09. The molecule has 1 heterocycles. The zero-order valence-electron chi connectivity index (χ0n) is 12.4. The molecule has 0 radical (unpaired) electrons. The SMILES string of the molecule is Cc1ccc(C2=NC(NBr)C(=O)N(C)c3ccccc32)cc1. The van der Waals surface area contributed by atoms with E-state index in [1.54, 1.807) is 11.9 Å². The first-order valence-corrected chi connectivity index (χ1v) is 7.79. The number of hydrogen-bond donors (Lipinski definition) is 1. The van der Waals surface area contributed by atoms with E-state index in [2.05, 4.69) is 25.5 Å². The van der Waals surface area contributed by atoms with Gasteiger partial charge in [-0.3, -0.25) is 9.79 Å². The average molecular weight is 358 g/mol. The maximum Gasteiger partial charge on any atom is 0.267 e. The Labute approximate surface area is 138 Å². The lowest BCUT2D eigenvalue weighted by molar-refractivity contribution is -0.119. The number of aryl methyl sites for hydroxylation is 1. The number of aliphatic imine (C=N–C) groups is 1. The molecule has 1 amide bonds. The first kappa shape index (κ1) is 14.9. The van der Waals surface area contributed by atoms with Crippen molar-refractivity contribution in [1.82, 2.24) is 4.34 Å². The quantitative estimate of drug-likeness (QED) is 0.839. The van der Waals surface area contributed by atoms with Crippen LogP contribution in [0.2, 0.25) is 0 Å². The van der Waals surface area contributed by atoms with E-state index in [0.717, 1.165) is 22.5 Å². The molecule has 0 saturated carbocycles. The highest BCUT2D eigenvalue weighted by Gasteiger charge is 2.28. The molecule has 1 unspecified atom stereocenters. The van der Waals surface area contributed by atoms with E-state index < -0.39 is 6.17 Å². The van der Waals surface area contributed by atoms with Crippen molar-refractivity contribution in [3.8, 4) is 0 Å². The van der Waals surface area contributed by atoms with Crippen LogP contribution in [0.1, 0.15) is 16.7 Å². The van der Waals surface area contributed by atoms with Gasteiger partial charge in [0.1, 0.15) is 0 Å². The van der Waals surface area contributed by atoms with Gasteiger partial charge in [-0.2, -0.15) is 0 Å². The maximum absolute atomic E-state index is 12.5. The van der Waals surface area contributed by atoms with Crippen LogP contribution in [0.4, 0.5) is 5.69 Å². The number of benzene rings is 2. The van der Waals surface area contributed by atoms with Crippen molar-refractivity contribution in [3.05, 3.63) is 65.2 Å². The average Bonchev–Trinajstić information content (AvgIpc) is 2.65. The Morgan fingerprint density at radius 2 is 1.82 bits per heavy atom. The van der Waals surface area contributed by atoms with Gasteiger partial charge in [0.25, 0.3) is 5.91 Å². The van der Waals surface area contributed by atoms with E-state index in [1.165, 1.54) is 5.56 Å². The third kappa shape index (κ3) is 2.58. The lowest BCUT2D eigenvalue weighted by Gasteiger charge is -2.19. The molecule has 1 atom stereocenters. The second kappa shape index (κ2) is 6.02. The van der Waals surface area contributed by atoms with Crippen molar-refractivity contribution in [2.24, 2.45) is 4.99 Å². The van der Waals surface area contributed by atoms with Gasteiger partial charge in [0.15, 0.2) is 6.17 Å². The molecule has 2 aromatic rings. The van der Waals surface area contributed by atoms with E-state index in [0.29, 0.717) is 0 Å². The Morgan fingerprint density at radius 1 is 1.14 bits per heavy atom. The van der Waals surface area contributed by atoms with Gasteiger partial charge in [-0.25, -0.2) is 4.34 Å². The summed E-state index contributed by atoms with van der Waals surface area (Å²) >= 11 is 3.17. The van der Waals surface area contributed by atoms with Crippen LogP contribution < -0.4 is 9.24 Å². The van der Waals surface area contributed by atoms with Crippen LogP contribution in [0.3, 0.4) is 0 Å². The number of rotatable bonds is 2. The second-order valence-electron chi connectivity index (χ2n) is 5.27. The number of nitrogens with zero attached hydrogens (tertiary/aromatic N) is 2. The molecule has 0 spiro atoms. The van der Waals surface area contributed by atoms with Gasteiger partial charge in [-0.05, 0) is 13.0 Å². The predicted octanol–water partition coefficient (Wildman–Crippen LogP) is 3.03. The molecular weight excluding hydrogens is 342 g/mol. The summed E-state index contributed by atoms with van der Waals surface area (Å²) in [4.78, 5) is 18.8. The number of amides is 1. The number of halogens is 1. The van der Waals surface area contributed by atoms with Gasteiger partial charge >= 0.3 is 0 Å². The largest absolute Gasteiger partial charge is 0.312 e. The topological polar surface area (TPSA) is 44.7 Å². The highest BCUT2D eigenvalue weighted by molar-refractivity contribution is 9.08. The number of likely N-dealkylation sites (N-methyl/N-ethyl adjacent to an activating group) is 1. The van der Waals surface area contributed by atoms with Crippen LogP contribution in [0.15, 0.2) is 53.5 Å². The zero-order chi connectivity index (χ0) is 15.7. The predicted molar refractivity (Wildman–Crippen MR) is 92.5 cm³/mol. The van der Waals surface area contributed by atoms with Crippen LogP contribution in [0, 0.1) is 6.92 Å². The molecule has 4 nitrogen and oxygen atoms in total. The molecule has 1 N–H and O–H groups in total. The molecule has 2 aromatic carbocycles. The van der Waals surface area contributed by atoms with Crippen molar-refractivity contribution >= 4 is 33.5 Å². The van der Waals surface area contributed by atoms with E-state index in [4.69, 9.17) is 0 Å². The molecule has 22 heavy (non-hydrogen) atoms. The number of anilines is 1. The third-order valence-corrected chi connectivity index (χ3v) is 4.21. The monoisotopic (exact) mass is 357 g/mol. The Hall–Kier alpha value is -1.98. The summed E-state index contributed by atoms with van der Waals surface area (Å²) in [6, 6.07) is 16.0. The highest BCUT2D eigenvalue weighted by atomic mass is 79.9. The van der Waals surface area contributed by atoms with Gasteiger partial charge in [0.2, 0.25) is 0 Å². The summed E-state index contributed by atoms with van der Waals surface area (Å²) in [7, 11) is 1.77. The lowest BCUT2D eigenvalue weighted by atomic mass is 9.99. The van der Waals surface area contributed by atoms with Crippen molar-refractivity contribution < 1.29 is 4.79 Å². The first-order chi connectivity index (χ1) is 10.6. The van der Waals surface area contributed by atoms with Gasteiger partial charge in [0.05, 0.1) is 11.4 Å². The second-order valence-corrected chi connectivity index (χ2v) is 5.73. The molecule has 0 aliphatic carbocycles. The van der Waals surface area contributed by atoms with E-state index in [9.17, 15) is 4.79 Å². The summed E-state index contributed by atoms with van der Waals surface area (Å²) in [5.41, 5.74) is 4.80. The van der Waals surface area contributed by atoms with Crippen molar-refractivity contribution in [3.63, 3.8) is 0 Å². The number of benzodiazepines with no additional fused rings is 1. The fourth-order valence-electron chi connectivity index (χ4n) is 2.53. The van der Waals surface area contributed by atoms with Gasteiger partial charge in [-0.1, -0.05) is 48.0 Å². The summed E-state index contributed by atoms with van der Waals surface area (Å²) in [5.74, 6) is -0.105. The molecule has 112 valence electrons. The number of carbonyl (C=O) groups excluding carboxylic acids is 1. The molecule has 0 aromatic heterocycles. The molecule has 1 aliphatic heterocycles. The Balaban J connectivity index is 2.22. The number of carbonyl (C=O) groups is 1. The fourth-order valence-corrected chi connectivity index (χ4v) is 2.83. The molecule has 0 fully saturated rings. The standard InChI is InChI=1S/C17H16BrN3O/c1-11-7-9-12(10-8-11)15-13-5-3-4-6-14(13)21(2)17(22)16(19-15)20-18/h3-10,16,20H,1-2H3. The number of nitrogens with one attached hydrogen (secondary N) is 1. The van der Waals surface area contributed by atoms with Crippen LogP contribution in [0.5, 0.6) is 0 Å². The Morgan fingerprint density at radius 3 is 2.50 bits per heavy atom. The van der Waals surface area contributed by atoms with Crippen molar-refractivity contribution in [1.29, 1.82) is 0 Å². The zero-order valence-corrected chi connectivity index (χ0v) is 14.0. The van der Waals surface area contributed by atoms with Gasteiger partial charge < -0.3 is 4.90 Å². The van der Waals surface area contributed by atoms with E-state index in [1.807, 2.05) is 55.5 Å². The molecular formula is C17H16BrN3O. The van der Waals surface area contributed by atoms with Gasteiger partial charge in [0, 0.05) is 34.3 Å². The molecule has 1 aliphatic rings. The summed E-state index contributed by atoms with van der Waals surface area (Å²) in [6.07, 6.45) is -0.659. The van der Waals surface area contributed by atoms with E-state index in [-0.39, 0.29) is 5.91 Å². The summed E-state index contributed by atoms with van der Waals surface area (Å²) in [5, 5.41) is 0. The number of hydrogen-bond acceptors (Lipinski definition) is 3. The number of para-hydroxylation sites is 1. The molecule has 0 saturated heterocycles. The third-order valence-electron chi connectivity index (χ3n) is 3.77. The lowest BCUT2D eigenvalue weighted by Crippen LogP contribution is -2.39. The normalized spacial score (nSPS) is 17.8. The molecule has 5 heteroatoms. The highest BCUT2D eigenvalue weighted by Crippen LogP contribution is 2.27. The summed E-state index contributed by atoms with van der Waals surface area (Å²) in [6.45, 7) is 2.05. The summed E-state index contributed by atoms with van der Waals surface area (Å²) < 4.78 is 2.80. The minimum absolute atomic E-state index is 0.105. The maximum atomic E-state index is 12.5. The van der Waals surface area contributed by atoms with E-state index >= 15 is 0 Å². The number of fused-ring (bicyclic) bond motifs is 1.